The molecule has 8 heteroatoms. The topological polar surface area (TPSA) is 46.1 Å². The lowest BCUT2D eigenvalue weighted by Crippen LogP contribution is -2.32. The Morgan fingerprint density at radius 1 is 0.926 bits per heavy atom. The van der Waals surface area contributed by atoms with Crippen molar-refractivity contribution < 1.29 is 0 Å². The molecule has 27 heavy (non-hydrogen) atoms. The van der Waals surface area contributed by atoms with Crippen molar-refractivity contribution in [3.05, 3.63) is 35.9 Å². The van der Waals surface area contributed by atoms with Crippen LogP contribution in [0.3, 0.4) is 0 Å². The summed E-state index contributed by atoms with van der Waals surface area (Å²) in [7, 11) is 2.06. The molecule has 1 aromatic rings. The molecule has 2 unspecified atom stereocenters. The van der Waals surface area contributed by atoms with Crippen LogP contribution in [-0.2, 0) is 11.8 Å². The van der Waals surface area contributed by atoms with Crippen molar-refractivity contribution in [1.82, 2.24) is 24.8 Å². The van der Waals surface area contributed by atoms with E-state index in [9.17, 15) is 0 Å². The number of nitrogens with zero attached hydrogens (tertiary/aromatic N) is 4. The van der Waals surface area contributed by atoms with Crippen LogP contribution in [0.2, 0.25) is 0 Å². The lowest BCUT2D eigenvalue weighted by molar-refractivity contribution is 0.428. The van der Waals surface area contributed by atoms with Gasteiger partial charge in [-0.15, -0.1) is 0 Å². The Morgan fingerprint density at radius 3 is 2.07 bits per heavy atom. The van der Waals surface area contributed by atoms with Gasteiger partial charge < -0.3 is 10.6 Å². The number of hydrazone groups is 1. The largest absolute Gasteiger partial charge is 0.317 e. The zero-order valence-corrected chi connectivity index (χ0v) is 18.1. The molecule has 0 radical (unpaired) electrons. The van der Waals surface area contributed by atoms with Gasteiger partial charge in [-0.2, -0.15) is 5.10 Å². The SMILES string of the molecule is CN(/N=C/c1ccccc1)P1(=S)N2CCCNCCCNCCCN1CC2. The summed E-state index contributed by atoms with van der Waals surface area (Å²) in [6, 6.07) is 10.3. The van der Waals surface area contributed by atoms with Crippen LogP contribution >= 0.6 is 6.49 Å². The molecule has 0 spiro atoms. The van der Waals surface area contributed by atoms with E-state index in [0.29, 0.717) is 0 Å². The fourth-order valence-corrected chi connectivity index (χ4v) is 7.53. The van der Waals surface area contributed by atoms with E-state index in [4.69, 9.17) is 16.9 Å². The molecular formula is C19H33N6PS. The zero-order valence-electron chi connectivity index (χ0n) is 16.4. The monoisotopic (exact) mass is 408 g/mol. The van der Waals surface area contributed by atoms with Crippen LogP contribution in [0.5, 0.6) is 0 Å². The molecule has 0 aromatic heterocycles. The average Bonchev–Trinajstić information content (AvgIpc) is 3.01. The molecule has 2 heterocycles. The van der Waals surface area contributed by atoms with Crippen molar-refractivity contribution in [2.24, 2.45) is 5.10 Å². The standard InChI is InChI=1S/C19H33N6PS/c1-23(22-18-19-8-3-2-4-9-19)26(27)24-14-6-12-20-10-5-11-21-13-7-15-25(26)17-16-24/h2-4,8-9,18,20-21H,5-7,10-17H2,1H3/b22-18+. The summed E-state index contributed by atoms with van der Waals surface area (Å²) < 4.78 is 7.12. The van der Waals surface area contributed by atoms with Crippen molar-refractivity contribution in [3.63, 3.8) is 0 Å². The van der Waals surface area contributed by atoms with Crippen LogP contribution in [-0.4, -0.2) is 79.7 Å². The highest BCUT2D eigenvalue weighted by atomic mass is 32.4. The van der Waals surface area contributed by atoms with E-state index in [2.05, 4.69) is 43.9 Å². The van der Waals surface area contributed by atoms with Crippen LogP contribution < -0.4 is 10.6 Å². The Morgan fingerprint density at radius 2 is 1.48 bits per heavy atom. The van der Waals surface area contributed by atoms with Gasteiger partial charge in [0.05, 0.1) is 6.21 Å². The lowest BCUT2D eigenvalue weighted by atomic mass is 10.2. The van der Waals surface area contributed by atoms with Gasteiger partial charge in [-0.05, 0) is 62.8 Å². The van der Waals surface area contributed by atoms with Crippen LogP contribution in [0.4, 0.5) is 0 Å². The first kappa shape index (κ1) is 20.9. The maximum atomic E-state index is 6.32. The number of rotatable bonds is 3. The van der Waals surface area contributed by atoms with Gasteiger partial charge in [0.25, 0.3) is 0 Å². The zero-order chi connectivity index (χ0) is 19.0. The van der Waals surface area contributed by atoms with Crippen molar-refractivity contribution in [1.29, 1.82) is 0 Å². The minimum absolute atomic E-state index is 1.05. The molecular weight excluding hydrogens is 375 g/mol. The summed E-state index contributed by atoms with van der Waals surface area (Å²) in [5, 5.41) is 11.9. The fourth-order valence-electron chi connectivity index (χ4n) is 3.64. The van der Waals surface area contributed by atoms with Gasteiger partial charge in [-0.1, -0.05) is 30.3 Å². The van der Waals surface area contributed by atoms with E-state index in [-0.39, 0.29) is 0 Å². The highest BCUT2D eigenvalue weighted by Gasteiger charge is 2.41. The summed E-state index contributed by atoms with van der Waals surface area (Å²) in [6.45, 7) is 6.49. The van der Waals surface area contributed by atoms with Crippen molar-refractivity contribution >= 4 is 24.5 Å². The van der Waals surface area contributed by atoms with Gasteiger partial charge in [0.1, 0.15) is 0 Å². The maximum absolute atomic E-state index is 6.32. The summed E-state index contributed by atoms with van der Waals surface area (Å²) in [5.74, 6) is 0. The van der Waals surface area contributed by atoms with Gasteiger partial charge in [0.15, 0.2) is 6.49 Å². The predicted octanol–water partition coefficient (Wildman–Crippen LogP) is 2.16. The molecule has 0 saturated carbocycles. The molecule has 2 bridgehead atoms. The highest BCUT2D eigenvalue weighted by molar-refractivity contribution is 8.11. The van der Waals surface area contributed by atoms with Gasteiger partial charge in [0, 0.05) is 33.2 Å². The molecule has 2 fully saturated rings. The molecule has 6 nitrogen and oxygen atoms in total. The van der Waals surface area contributed by atoms with E-state index >= 15 is 0 Å². The second kappa shape index (κ2) is 10.6. The molecule has 0 aliphatic carbocycles. The number of benzene rings is 1. The normalized spacial score (nSPS) is 30.9. The fraction of sp³-hybridized carbons (Fsp3) is 0.632. The van der Waals surface area contributed by atoms with E-state index in [1.54, 1.807) is 0 Å². The van der Waals surface area contributed by atoms with Crippen LogP contribution in [0, 0.1) is 0 Å². The molecule has 1 aromatic carbocycles. The first-order valence-electron chi connectivity index (χ1n) is 10.1. The number of nitrogens with one attached hydrogen (secondary N) is 2. The molecule has 2 aliphatic heterocycles. The number of hydrogen-bond donors (Lipinski definition) is 2. The Balaban J connectivity index is 1.73. The van der Waals surface area contributed by atoms with Crippen molar-refractivity contribution in [2.45, 2.75) is 19.3 Å². The van der Waals surface area contributed by atoms with E-state index in [1.165, 1.54) is 6.42 Å². The Hall–Kier alpha value is -0.820. The molecule has 0 amide bonds. The van der Waals surface area contributed by atoms with Gasteiger partial charge >= 0.3 is 0 Å². The summed E-state index contributed by atoms with van der Waals surface area (Å²) in [5.41, 5.74) is 1.11. The van der Waals surface area contributed by atoms with E-state index in [0.717, 1.165) is 70.8 Å². The summed E-state index contributed by atoms with van der Waals surface area (Å²) >= 11 is 6.32. The maximum Gasteiger partial charge on any atom is 0.185 e. The third-order valence-electron chi connectivity index (χ3n) is 5.15. The molecule has 3 rings (SSSR count). The third kappa shape index (κ3) is 5.59. The van der Waals surface area contributed by atoms with Crippen LogP contribution in [0.15, 0.2) is 35.4 Å². The first-order valence-corrected chi connectivity index (χ1v) is 12.7. The molecule has 2 atom stereocenters. The predicted molar refractivity (Wildman–Crippen MR) is 119 cm³/mol. The quantitative estimate of drug-likeness (QED) is 0.454. The van der Waals surface area contributed by atoms with E-state index in [1.807, 2.05) is 24.4 Å². The second-order valence-electron chi connectivity index (χ2n) is 7.13. The van der Waals surface area contributed by atoms with Gasteiger partial charge in [0.2, 0.25) is 0 Å². The molecule has 2 aliphatic rings. The highest BCUT2D eigenvalue weighted by Crippen LogP contribution is 2.59. The average molecular weight is 409 g/mol. The summed E-state index contributed by atoms with van der Waals surface area (Å²) in [4.78, 5) is 0. The summed E-state index contributed by atoms with van der Waals surface area (Å²) in [6.07, 6.45) is 5.40. The van der Waals surface area contributed by atoms with Crippen molar-refractivity contribution in [3.8, 4) is 0 Å². The Bertz CT molecular complexity index is 616. The third-order valence-corrected chi connectivity index (χ3v) is 10.4. The van der Waals surface area contributed by atoms with E-state index < -0.39 is 6.49 Å². The van der Waals surface area contributed by atoms with Gasteiger partial charge in [-0.25, -0.2) is 14.1 Å². The van der Waals surface area contributed by atoms with Crippen LogP contribution in [0.1, 0.15) is 24.8 Å². The lowest BCUT2D eigenvalue weighted by Gasteiger charge is -2.39. The van der Waals surface area contributed by atoms with Gasteiger partial charge in [-0.3, -0.25) is 0 Å². The Kier molecular flexibility index (Phi) is 8.24. The Labute approximate surface area is 169 Å². The van der Waals surface area contributed by atoms with Crippen LogP contribution in [0.25, 0.3) is 0 Å². The second-order valence-corrected chi connectivity index (χ2v) is 11.3. The molecule has 2 saturated heterocycles. The first-order chi connectivity index (χ1) is 13.2. The minimum atomic E-state index is -2.01. The van der Waals surface area contributed by atoms with Crippen molar-refractivity contribution in [2.75, 3.05) is 59.4 Å². The minimum Gasteiger partial charge on any atom is -0.317 e. The molecule has 2 N–H and O–H groups in total. The smallest absolute Gasteiger partial charge is 0.185 e. The number of hydrogen-bond acceptors (Lipinski definition) is 4. The number of fused-ring (bicyclic) bond motifs is 2. The molecule has 150 valence electrons.